The Bertz CT molecular complexity index is 593. The number of fused-ring (bicyclic) bond motifs is 1. The van der Waals surface area contributed by atoms with Gasteiger partial charge in [-0.2, -0.15) is 0 Å². The number of rotatable bonds is 4. The van der Waals surface area contributed by atoms with E-state index in [1.165, 1.54) is 0 Å². The lowest BCUT2D eigenvalue weighted by Gasteiger charge is -2.14. The van der Waals surface area contributed by atoms with Gasteiger partial charge in [0.05, 0.1) is 5.52 Å². The Kier molecular flexibility index (Phi) is 2.72. The fourth-order valence-corrected chi connectivity index (χ4v) is 2.07. The summed E-state index contributed by atoms with van der Waals surface area (Å²) in [7, 11) is 0. The van der Waals surface area contributed by atoms with Crippen LogP contribution in [-0.4, -0.2) is 22.1 Å². The van der Waals surface area contributed by atoms with E-state index in [0.29, 0.717) is 6.04 Å². The quantitative estimate of drug-likeness (QED) is 0.862. The van der Waals surface area contributed by atoms with Gasteiger partial charge >= 0.3 is 5.97 Å². The molecule has 4 heteroatoms. The number of nitrogens with zero attached hydrogens (tertiary/aromatic N) is 1. The fraction of sp³-hybridized carbons (Fsp3) is 0.286. The van der Waals surface area contributed by atoms with Crippen molar-refractivity contribution in [2.75, 3.05) is 0 Å². The lowest BCUT2D eigenvalue weighted by atomic mass is 10.0. The molecular formula is C14H14N2O2. The molecule has 0 spiro atoms. The zero-order valence-corrected chi connectivity index (χ0v) is 9.84. The van der Waals surface area contributed by atoms with Crippen LogP contribution in [-0.2, 0) is 4.79 Å². The van der Waals surface area contributed by atoms with Crippen LogP contribution in [0.25, 0.3) is 10.9 Å². The van der Waals surface area contributed by atoms with Crippen LogP contribution in [0.15, 0.2) is 36.5 Å². The molecule has 0 radical (unpaired) electrons. The molecule has 1 atom stereocenters. The smallest absolute Gasteiger partial charge is 0.325 e. The second-order valence-corrected chi connectivity index (χ2v) is 4.67. The minimum atomic E-state index is -0.829. The molecular weight excluding hydrogens is 228 g/mol. The van der Waals surface area contributed by atoms with Crippen molar-refractivity contribution >= 4 is 16.9 Å². The van der Waals surface area contributed by atoms with Gasteiger partial charge in [0.15, 0.2) is 0 Å². The van der Waals surface area contributed by atoms with Crippen LogP contribution in [0.3, 0.4) is 0 Å². The van der Waals surface area contributed by atoms with Gasteiger partial charge in [-0.25, -0.2) is 0 Å². The van der Waals surface area contributed by atoms with E-state index < -0.39 is 12.0 Å². The maximum Gasteiger partial charge on any atom is 0.325 e. The molecule has 2 N–H and O–H groups in total. The van der Waals surface area contributed by atoms with E-state index in [1.807, 2.05) is 30.3 Å². The van der Waals surface area contributed by atoms with Crippen molar-refractivity contribution in [2.45, 2.75) is 24.9 Å². The summed E-state index contributed by atoms with van der Waals surface area (Å²) in [5.41, 5.74) is 1.67. The molecule has 0 saturated heterocycles. The highest BCUT2D eigenvalue weighted by molar-refractivity contribution is 5.82. The first-order valence-electron chi connectivity index (χ1n) is 6.07. The molecule has 1 aromatic carbocycles. The summed E-state index contributed by atoms with van der Waals surface area (Å²) in [6.45, 7) is 0. The third-order valence-corrected chi connectivity index (χ3v) is 3.19. The van der Waals surface area contributed by atoms with Crippen LogP contribution in [0.5, 0.6) is 0 Å². The van der Waals surface area contributed by atoms with E-state index in [4.69, 9.17) is 0 Å². The molecule has 0 aliphatic heterocycles. The van der Waals surface area contributed by atoms with Crippen LogP contribution < -0.4 is 5.32 Å². The van der Waals surface area contributed by atoms with Gasteiger partial charge in [0.2, 0.25) is 0 Å². The summed E-state index contributed by atoms with van der Waals surface area (Å²) in [6, 6.07) is 9.14. The number of aliphatic carboxylic acids is 1. The Labute approximate surface area is 105 Å². The van der Waals surface area contributed by atoms with Gasteiger partial charge in [-0.1, -0.05) is 12.1 Å². The van der Waals surface area contributed by atoms with Crippen molar-refractivity contribution < 1.29 is 9.90 Å². The summed E-state index contributed by atoms with van der Waals surface area (Å²) in [6.07, 6.45) is 3.87. The summed E-state index contributed by atoms with van der Waals surface area (Å²) in [5.74, 6) is -0.829. The fourth-order valence-electron chi connectivity index (χ4n) is 2.07. The van der Waals surface area contributed by atoms with Crippen molar-refractivity contribution in [1.82, 2.24) is 10.3 Å². The molecule has 1 aliphatic carbocycles. The lowest BCUT2D eigenvalue weighted by molar-refractivity contribution is -0.139. The molecule has 1 heterocycles. The lowest BCUT2D eigenvalue weighted by Crippen LogP contribution is -2.30. The average Bonchev–Trinajstić information content (AvgIpc) is 3.19. The Morgan fingerprint density at radius 2 is 2.22 bits per heavy atom. The highest BCUT2D eigenvalue weighted by atomic mass is 16.4. The topological polar surface area (TPSA) is 62.2 Å². The van der Waals surface area contributed by atoms with Crippen LogP contribution in [0, 0.1) is 0 Å². The molecule has 0 amide bonds. The summed E-state index contributed by atoms with van der Waals surface area (Å²) in [4.78, 5) is 15.6. The predicted octanol–water partition coefficient (Wildman–Crippen LogP) is 2.11. The monoisotopic (exact) mass is 242 g/mol. The summed E-state index contributed by atoms with van der Waals surface area (Å²) >= 11 is 0. The summed E-state index contributed by atoms with van der Waals surface area (Å²) < 4.78 is 0. The van der Waals surface area contributed by atoms with Crippen LogP contribution in [0.1, 0.15) is 24.4 Å². The van der Waals surface area contributed by atoms with Crippen molar-refractivity contribution in [1.29, 1.82) is 0 Å². The minimum absolute atomic E-state index is 0.357. The molecule has 3 rings (SSSR count). The average molecular weight is 242 g/mol. The third kappa shape index (κ3) is 2.19. The molecule has 92 valence electrons. The predicted molar refractivity (Wildman–Crippen MR) is 68.3 cm³/mol. The number of hydrogen-bond donors (Lipinski definition) is 2. The second-order valence-electron chi connectivity index (χ2n) is 4.67. The van der Waals surface area contributed by atoms with Gasteiger partial charge in [-0.15, -0.1) is 0 Å². The van der Waals surface area contributed by atoms with Gasteiger partial charge in [-0.05, 0) is 36.6 Å². The zero-order valence-electron chi connectivity index (χ0n) is 9.84. The van der Waals surface area contributed by atoms with Crippen molar-refractivity contribution in [3.8, 4) is 0 Å². The molecule has 1 fully saturated rings. The van der Waals surface area contributed by atoms with E-state index in [1.54, 1.807) is 6.20 Å². The number of aromatic nitrogens is 1. The van der Waals surface area contributed by atoms with Gasteiger partial charge in [0, 0.05) is 17.6 Å². The van der Waals surface area contributed by atoms with E-state index in [2.05, 4.69) is 10.3 Å². The second kappa shape index (κ2) is 4.38. The number of carbonyl (C=O) groups is 1. The van der Waals surface area contributed by atoms with Gasteiger partial charge in [-0.3, -0.25) is 15.1 Å². The number of nitrogens with one attached hydrogen (secondary N) is 1. The number of hydrogen-bond acceptors (Lipinski definition) is 3. The Morgan fingerprint density at radius 3 is 2.94 bits per heavy atom. The zero-order chi connectivity index (χ0) is 12.5. The SMILES string of the molecule is O=C(O)C(NC1CC1)c1ccc2ncccc2c1. The van der Waals surface area contributed by atoms with Crippen LogP contribution in [0.2, 0.25) is 0 Å². The standard InChI is InChI=1S/C14H14N2O2/c17-14(18)13(16-11-4-5-11)10-3-6-12-9(8-10)2-1-7-15-12/h1-3,6-8,11,13,16H,4-5H2,(H,17,18). The number of carboxylic acids is 1. The third-order valence-electron chi connectivity index (χ3n) is 3.19. The van der Waals surface area contributed by atoms with Crippen molar-refractivity contribution in [3.63, 3.8) is 0 Å². The molecule has 1 aromatic heterocycles. The first-order valence-corrected chi connectivity index (χ1v) is 6.07. The first kappa shape index (κ1) is 11.2. The molecule has 1 unspecified atom stereocenters. The molecule has 18 heavy (non-hydrogen) atoms. The van der Waals surface area contributed by atoms with Gasteiger partial charge in [0.25, 0.3) is 0 Å². The highest BCUT2D eigenvalue weighted by Crippen LogP contribution is 2.26. The highest BCUT2D eigenvalue weighted by Gasteiger charge is 2.29. The van der Waals surface area contributed by atoms with E-state index in [9.17, 15) is 9.90 Å². The first-order chi connectivity index (χ1) is 8.74. The van der Waals surface area contributed by atoms with Gasteiger partial charge < -0.3 is 5.11 Å². The van der Waals surface area contributed by atoms with E-state index in [-0.39, 0.29) is 0 Å². The molecule has 1 aliphatic rings. The summed E-state index contributed by atoms with van der Waals surface area (Å²) in [5, 5.41) is 13.4. The molecule has 2 aromatic rings. The number of pyridine rings is 1. The van der Waals surface area contributed by atoms with E-state index >= 15 is 0 Å². The number of benzene rings is 1. The Hall–Kier alpha value is -1.94. The van der Waals surface area contributed by atoms with Crippen LogP contribution >= 0.6 is 0 Å². The Balaban J connectivity index is 1.97. The van der Waals surface area contributed by atoms with E-state index in [0.717, 1.165) is 29.3 Å². The Morgan fingerprint density at radius 1 is 1.39 bits per heavy atom. The molecule has 4 nitrogen and oxygen atoms in total. The van der Waals surface area contributed by atoms with Crippen molar-refractivity contribution in [2.24, 2.45) is 0 Å². The van der Waals surface area contributed by atoms with Gasteiger partial charge in [0.1, 0.15) is 6.04 Å². The number of carboxylic acid groups (broad SMARTS) is 1. The van der Waals surface area contributed by atoms with Crippen molar-refractivity contribution in [3.05, 3.63) is 42.1 Å². The largest absolute Gasteiger partial charge is 0.480 e. The minimum Gasteiger partial charge on any atom is -0.480 e. The molecule has 0 bridgehead atoms. The molecule has 1 saturated carbocycles. The normalized spacial score (nSPS) is 16.7. The maximum absolute atomic E-state index is 11.3. The van der Waals surface area contributed by atoms with Crippen LogP contribution in [0.4, 0.5) is 0 Å². The maximum atomic E-state index is 11.3.